The Hall–Kier alpha value is -2.39. The highest BCUT2D eigenvalue weighted by molar-refractivity contribution is 6.55. The Balaban J connectivity index is 1.92. The molecule has 1 aliphatic rings. The molecule has 0 atom stereocenters. The quantitative estimate of drug-likeness (QED) is 0.816. The maximum atomic E-state index is 12.5. The summed E-state index contributed by atoms with van der Waals surface area (Å²) in [5.41, 5.74) is 1.83. The van der Waals surface area contributed by atoms with Gasteiger partial charge in [-0.25, -0.2) is 0 Å². The zero-order valence-corrected chi connectivity index (χ0v) is 11.9. The lowest BCUT2D eigenvalue weighted by molar-refractivity contribution is -0.137. The van der Waals surface area contributed by atoms with Crippen molar-refractivity contribution in [1.29, 1.82) is 0 Å². The fraction of sp³-hybridized carbons (Fsp3) is 0.0588. The Morgan fingerprint density at radius 1 is 0.810 bits per heavy atom. The van der Waals surface area contributed by atoms with Crippen LogP contribution in [0.2, 0.25) is 0 Å². The zero-order valence-electron chi connectivity index (χ0n) is 11.1. The van der Waals surface area contributed by atoms with Crippen molar-refractivity contribution in [3.63, 3.8) is 0 Å². The lowest BCUT2D eigenvalue weighted by Gasteiger charge is -2.14. The molecular formula is C17H12ClNO2. The molecule has 2 aromatic carbocycles. The standard InChI is InChI=1S/C17H12ClNO2/c18-15-14(13-9-5-2-6-10-13)16(20)19(17(15)21)11-12-7-3-1-4-8-12/h1-10H,11H2. The van der Waals surface area contributed by atoms with Gasteiger partial charge in [-0.15, -0.1) is 0 Å². The second-order valence-corrected chi connectivity index (χ2v) is 5.12. The molecule has 1 heterocycles. The molecule has 2 amide bonds. The van der Waals surface area contributed by atoms with Gasteiger partial charge < -0.3 is 0 Å². The Labute approximate surface area is 127 Å². The minimum Gasteiger partial charge on any atom is -0.269 e. The molecule has 0 unspecified atom stereocenters. The van der Waals surface area contributed by atoms with Crippen molar-refractivity contribution in [2.75, 3.05) is 0 Å². The molecule has 104 valence electrons. The van der Waals surface area contributed by atoms with Crippen LogP contribution in [-0.2, 0) is 16.1 Å². The van der Waals surface area contributed by atoms with Crippen LogP contribution in [-0.4, -0.2) is 16.7 Å². The normalized spacial score (nSPS) is 15.0. The molecular weight excluding hydrogens is 286 g/mol. The molecule has 0 fully saturated rings. The molecule has 0 bridgehead atoms. The first kappa shape index (κ1) is 13.6. The van der Waals surface area contributed by atoms with Crippen molar-refractivity contribution in [2.24, 2.45) is 0 Å². The number of hydrogen-bond acceptors (Lipinski definition) is 2. The van der Waals surface area contributed by atoms with Crippen LogP contribution in [0, 0.1) is 0 Å². The van der Waals surface area contributed by atoms with E-state index >= 15 is 0 Å². The summed E-state index contributed by atoms with van der Waals surface area (Å²) in [5.74, 6) is -0.788. The maximum Gasteiger partial charge on any atom is 0.273 e. The Bertz CT molecular complexity index is 723. The number of carbonyl (C=O) groups excluding carboxylic acids is 2. The fourth-order valence-electron chi connectivity index (χ4n) is 2.31. The number of hydrogen-bond donors (Lipinski definition) is 0. The summed E-state index contributed by atoms with van der Waals surface area (Å²) >= 11 is 6.09. The molecule has 0 spiro atoms. The van der Waals surface area contributed by atoms with Crippen molar-refractivity contribution < 1.29 is 9.59 Å². The van der Waals surface area contributed by atoms with E-state index in [0.717, 1.165) is 5.56 Å². The van der Waals surface area contributed by atoms with Gasteiger partial charge in [0.25, 0.3) is 11.8 Å². The van der Waals surface area contributed by atoms with Crippen LogP contribution in [0.1, 0.15) is 11.1 Å². The number of amides is 2. The molecule has 0 saturated carbocycles. The number of halogens is 1. The summed E-state index contributed by atoms with van der Waals surface area (Å²) in [7, 11) is 0. The van der Waals surface area contributed by atoms with E-state index in [0.29, 0.717) is 5.56 Å². The zero-order chi connectivity index (χ0) is 14.8. The summed E-state index contributed by atoms with van der Waals surface area (Å²) in [5, 5.41) is -0.0119. The lowest BCUT2D eigenvalue weighted by Crippen LogP contribution is -2.30. The summed E-state index contributed by atoms with van der Waals surface area (Å²) in [4.78, 5) is 25.9. The summed E-state index contributed by atoms with van der Waals surface area (Å²) < 4.78 is 0. The van der Waals surface area contributed by atoms with Crippen LogP contribution >= 0.6 is 11.6 Å². The van der Waals surface area contributed by atoms with Crippen molar-refractivity contribution in [2.45, 2.75) is 6.54 Å². The van der Waals surface area contributed by atoms with Crippen molar-refractivity contribution in [3.05, 3.63) is 76.8 Å². The summed E-state index contributed by atoms with van der Waals surface area (Å²) in [6.45, 7) is 0.227. The van der Waals surface area contributed by atoms with E-state index in [9.17, 15) is 9.59 Å². The van der Waals surface area contributed by atoms with E-state index in [1.807, 2.05) is 48.5 Å². The van der Waals surface area contributed by atoms with E-state index in [-0.39, 0.29) is 23.1 Å². The first-order chi connectivity index (χ1) is 10.2. The first-order valence-corrected chi connectivity index (χ1v) is 6.91. The van der Waals surface area contributed by atoms with Gasteiger partial charge in [-0.2, -0.15) is 0 Å². The smallest absolute Gasteiger partial charge is 0.269 e. The highest BCUT2D eigenvalue weighted by atomic mass is 35.5. The molecule has 1 aliphatic heterocycles. The van der Waals surface area contributed by atoms with Gasteiger partial charge >= 0.3 is 0 Å². The third-order valence-electron chi connectivity index (χ3n) is 3.36. The van der Waals surface area contributed by atoms with E-state index < -0.39 is 5.91 Å². The average molecular weight is 298 g/mol. The predicted molar refractivity (Wildman–Crippen MR) is 81.2 cm³/mol. The van der Waals surface area contributed by atoms with Crippen molar-refractivity contribution >= 4 is 29.0 Å². The highest BCUT2D eigenvalue weighted by Gasteiger charge is 2.37. The van der Waals surface area contributed by atoms with Crippen LogP contribution in [0.3, 0.4) is 0 Å². The van der Waals surface area contributed by atoms with E-state index in [1.54, 1.807) is 12.1 Å². The van der Waals surface area contributed by atoms with Gasteiger partial charge in [0.1, 0.15) is 5.03 Å². The molecule has 0 aliphatic carbocycles. The third kappa shape index (κ3) is 2.48. The fourth-order valence-corrected chi connectivity index (χ4v) is 2.60. The third-order valence-corrected chi connectivity index (χ3v) is 3.71. The van der Waals surface area contributed by atoms with Gasteiger partial charge in [-0.1, -0.05) is 72.3 Å². The van der Waals surface area contributed by atoms with Gasteiger partial charge in [0.05, 0.1) is 12.1 Å². The first-order valence-electron chi connectivity index (χ1n) is 6.54. The Morgan fingerprint density at radius 3 is 2.00 bits per heavy atom. The molecule has 3 rings (SSSR count). The number of imide groups is 1. The largest absolute Gasteiger partial charge is 0.273 e. The molecule has 2 aromatic rings. The predicted octanol–water partition coefficient (Wildman–Crippen LogP) is 3.21. The molecule has 0 radical (unpaired) electrons. The van der Waals surface area contributed by atoms with Crippen LogP contribution in [0.15, 0.2) is 65.7 Å². The Morgan fingerprint density at radius 2 is 1.38 bits per heavy atom. The van der Waals surface area contributed by atoms with Gasteiger partial charge in [0.2, 0.25) is 0 Å². The van der Waals surface area contributed by atoms with Crippen LogP contribution in [0.25, 0.3) is 5.57 Å². The number of benzene rings is 2. The minimum absolute atomic E-state index is 0.0119. The summed E-state index contributed by atoms with van der Waals surface area (Å²) in [6, 6.07) is 18.4. The number of rotatable bonds is 3. The number of carbonyl (C=O) groups is 2. The minimum atomic E-state index is -0.440. The van der Waals surface area contributed by atoms with Gasteiger partial charge in [0, 0.05) is 0 Å². The second kappa shape index (κ2) is 5.54. The second-order valence-electron chi connectivity index (χ2n) is 4.74. The molecule has 0 N–H and O–H groups in total. The maximum absolute atomic E-state index is 12.5. The average Bonchev–Trinajstić information content (AvgIpc) is 2.73. The molecule has 21 heavy (non-hydrogen) atoms. The molecule has 4 heteroatoms. The van der Waals surface area contributed by atoms with Gasteiger partial charge in [-0.3, -0.25) is 14.5 Å². The molecule has 0 saturated heterocycles. The van der Waals surface area contributed by atoms with Gasteiger partial charge in [-0.05, 0) is 11.1 Å². The van der Waals surface area contributed by atoms with Crippen molar-refractivity contribution in [1.82, 2.24) is 4.90 Å². The lowest BCUT2D eigenvalue weighted by atomic mass is 10.1. The monoisotopic (exact) mass is 297 g/mol. The Kier molecular flexibility index (Phi) is 3.59. The van der Waals surface area contributed by atoms with Crippen LogP contribution in [0.4, 0.5) is 0 Å². The molecule has 3 nitrogen and oxygen atoms in total. The van der Waals surface area contributed by atoms with Crippen LogP contribution < -0.4 is 0 Å². The van der Waals surface area contributed by atoms with Crippen molar-refractivity contribution in [3.8, 4) is 0 Å². The SMILES string of the molecule is O=C1C(Cl)=C(c2ccccc2)C(=O)N1Cc1ccccc1. The van der Waals surface area contributed by atoms with Gasteiger partial charge in [0.15, 0.2) is 0 Å². The number of nitrogens with zero attached hydrogens (tertiary/aromatic N) is 1. The van der Waals surface area contributed by atoms with E-state index in [4.69, 9.17) is 11.6 Å². The van der Waals surface area contributed by atoms with Crippen LogP contribution in [0.5, 0.6) is 0 Å². The summed E-state index contributed by atoms with van der Waals surface area (Å²) in [6.07, 6.45) is 0. The molecule has 0 aromatic heterocycles. The van der Waals surface area contributed by atoms with E-state index in [2.05, 4.69) is 0 Å². The van der Waals surface area contributed by atoms with E-state index in [1.165, 1.54) is 4.90 Å². The highest BCUT2D eigenvalue weighted by Crippen LogP contribution is 2.32. The topological polar surface area (TPSA) is 37.4 Å².